The number of rotatable bonds is 15. The van der Waals surface area contributed by atoms with Crippen LogP contribution >= 0.6 is 11.6 Å². The lowest BCUT2D eigenvalue weighted by Gasteiger charge is -2.33. The van der Waals surface area contributed by atoms with Gasteiger partial charge in [-0.05, 0) is 79.3 Å². The van der Waals surface area contributed by atoms with Crippen molar-refractivity contribution >= 4 is 17.6 Å². The molecular weight excluding hydrogens is 692 g/mol. The van der Waals surface area contributed by atoms with Gasteiger partial charge in [0.05, 0.1) is 16.7 Å². The standard InChI is InChI=1S/C42H45ClN4O6/c1-29-33(9-7-11-37(29)32-8-6-10-36(19-32)51-17-5-4-14-46-16-13-35(48)26-46)28-53-41-21-40(52-27-31-18-30(22-44)23-45-24-31)34(20-38(41)43)25-47-15-3-2-12-39(47)42(49)50/h4-11,18-21,23-24,35,39,48H,2-3,12-17,25-28H2,1H3,(H,49,50)/b5-4+. The maximum Gasteiger partial charge on any atom is 0.320 e. The first-order valence-corrected chi connectivity index (χ1v) is 18.4. The van der Waals surface area contributed by atoms with Gasteiger partial charge in [0.15, 0.2) is 0 Å². The molecule has 2 aliphatic heterocycles. The summed E-state index contributed by atoms with van der Waals surface area (Å²) in [5, 5.41) is 29.3. The van der Waals surface area contributed by atoms with Gasteiger partial charge in [0.1, 0.15) is 49.2 Å². The Morgan fingerprint density at radius 2 is 1.83 bits per heavy atom. The summed E-state index contributed by atoms with van der Waals surface area (Å²) in [6, 6.07) is 21.0. The van der Waals surface area contributed by atoms with Crippen LogP contribution in [0.3, 0.4) is 0 Å². The van der Waals surface area contributed by atoms with Crippen LogP contribution in [-0.2, 0) is 24.6 Å². The van der Waals surface area contributed by atoms with Crippen molar-refractivity contribution in [1.82, 2.24) is 14.8 Å². The molecule has 2 saturated heterocycles. The van der Waals surface area contributed by atoms with E-state index in [9.17, 15) is 20.3 Å². The normalized spacial score (nSPS) is 17.8. The van der Waals surface area contributed by atoms with E-state index in [1.807, 2.05) is 41.3 Å². The van der Waals surface area contributed by atoms with Crippen LogP contribution in [-0.4, -0.2) is 75.9 Å². The van der Waals surface area contributed by atoms with E-state index in [1.165, 1.54) is 6.20 Å². The Hall–Kier alpha value is -4.92. The number of pyridine rings is 1. The second-order valence-corrected chi connectivity index (χ2v) is 14.0. The number of carboxylic acids is 1. The van der Waals surface area contributed by atoms with Crippen LogP contribution in [0.5, 0.6) is 17.2 Å². The Morgan fingerprint density at radius 1 is 0.981 bits per heavy atom. The maximum absolute atomic E-state index is 12.1. The first kappa shape index (κ1) is 37.8. The number of halogens is 1. The Labute approximate surface area is 315 Å². The lowest BCUT2D eigenvalue weighted by molar-refractivity contribution is -0.144. The zero-order valence-electron chi connectivity index (χ0n) is 29.9. The second-order valence-electron chi connectivity index (χ2n) is 13.6. The minimum Gasteiger partial charge on any atom is -0.490 e. The highest BCUT2D eigenvalue weighted by molar-refractivity contribution is 6.32. The number of aliphatic carboxylic acids is 1. The molecule has 2 atom stereocenters. The van der Waals surface area contributed by atoms with Gasteiger partial charge < -0.3 is 24.4 Å². The number of carboxylic acid groups (broad SMARTS) is 1. The van der Waals surface area contributed by atoms with E-state index in [0.717, 1.165) is 78.0 Å². The summed E-state index contributed by atoms with van der Waals surface area (Å²) in [7, 11) is 0. The third-order valence-corrected chi connectivity index (χ3v) is 10.1. The zero-order chi connectivity index (χ0) is 37.2. The van der Waals surface area contributed by atoms with Gasteiger partial charge >= 0.3 is 5.97 Å². The van der Waals surface area contributed by atoms with Gasteiger partial charge in [0.25, 0.3) is 0 Å². The molecule has 0 aliphatic carbocycles. The monoisotopic (exact) mass is 736 g/mol. The molecule has 1 aromatic heterocycles. The van der Waals surface area contributed by atoms with Crippen LogP contribution in [0, 0.1) is 18.3 Å². The zero-order valence-corrected chi connectivity index (χ0v) is 30.7. The third kappa shape index (κ3) is 10.2. The van der Waals surface area contributed by atoms with Crippen molar-refractivity contribution in [3.63, 3.8) is 0 Å². The van der Waals surface area contributed by atoms with Crippen LogP contribution in [0.4, 0.5) is 0 Å². The summed E-state index contributed by atoms with van der Waals surface area (Å²) < 4.78 is 18.7. The molecule has 11 heteroatoms. The van der Waals surface area contributed by atoms with Crippen molar-refractivity contribution in [3.8, 4) is 34.4 Å². The average molecular weight is 737 g/mol. The highest BCUT2D eigenvalue weighted by Gasteiger charge is 2.29. The van der Waals surface area contributed by atoms with Crippen molar-refractivity contribution < 1.29 is 29.2 Å². The molecule has 2 unspecified atom stereocenters. The number of hydrogen-bond donors (Lipinski definition) is 2. The molecule has 2 fully saturated rings. The number of piperidine rings is 1. The summed E-state index contributed by atoms with van der Waals surface area (Å²) in [6.07, 6.45) is 10.2. The van der Waals surface area contributed by atoms with E-state index in [2.05, 4.69) is 41.1 Å². The molecule has 53 heavy (non-hydrogen) atoms. The van der Waals surface area contributed by atoms with Gasteiger partial charge in [-0.1, -0.05) is 60.5 Å². The number of aromatic nitrogens is 1. The molecule has 2 N–H and O–H groups in total. The molecular formula is C42H45ClN4O6. The molecule has 0 radical (unpaired) electrons. The highest BCUT2D eigenvalue weighted by atomic mass is 35.5. The summed E-state index contributed by atoms with van der Waals surface area (Å²) in [6.45, 7) is 6.40. The number of carbonyl (C=O) groups is 1. The molecule has 6 rings (SSSR count). The van der Waals surface area contributed by atoms with E-state index in [1.54, 1.807) is 24.4 Å². The minimum atomic E-state index is -0.835. The van der Waals surface area contributed by atoms with Gasteiger partial charge in [-0.25, -0.2) is 0 Å². The van der Waals surface area contributed by atoms with Crippen molar-refractivity contribution in [2.24, 2.45) is 0 Å². The molecule has 4 aromatic rings. The van der Waals surface area contributed by atoms with E-state index < -0.39 is 12.0 Å². The van der Waals surface area contributed by atoms with Crippen LogP contribution in [0.1, 0.15) is 53.5 Å². The number of ether oxygens (including phenoxy) is 3. The van der Waals surface area contributed by atoms with Crippen molar-refractivity contribution in [2.75, 3.05) is 32.8 Å². The smallest absolute Gasteiger partial charge is 0.320 e. The van der Waals surface area contributed by atoms with Crippen molar-refractivity contribution in [1.29, 1.82) is 5.26 Å². The Kier molecular flexibility index (Phi) is 13.0. The van der Waals surface area contributed by atoms with Crippen molar-refractivity contribution in [2.45, 2.75) is 64.5 Å². The predicted octanol–water partition coefficient (Wildman–Crippen LogP) is 7.18. The molecule has 0 bridgehead atoms. The molecule has 10 nitrogen and oxygen atoms in total. The summed E-state index contributed by atoms with van der Waals surface area (Å²) in [5.41, 5.74) is 6.06. The summed E-state index contributed by atoms with van der Waals surface area (Å²) in [5.74, 6) is 0.904. The lowest BCUT2D eigenvalue weighted by Crippen LogP contribution is -2.44. The maximum atomic E-state index is 12.1. The quantitative estimate of drug-likeness (QED) is 0.121. The molecule has 2 aliphatic rings. The molecule has 0 amide bonds. The summed E-state index contributed by atoms with van der Waals surface area (Å²) >= 11 is 6.83. The highest BCUT2D eigenvalue weighted by Crippen LogP contribution is 2.36. The minimum absolute atomic E-state index is 0.156. The van der Waals surface area contributed by atoms with E-state index in [-0.39, 0.29) is 19.3 Å². The molecule has 276 valence electrons. The second kappa shape index (κ2) is 18.2. The topological polar surface area (TPSA) is 128 Å². The number of hydrogen-bond acceptors (Lipinski definition) is 9. The van der Waals surface area contributed by atoms with E-state index in [4.69, 9.17) is 25.8 Å². The number of nitrogens with zero attached hydrogens (tertiary/aromatic N) is 4. The third-order valence-electron chi connectivity index (χ3n) is 9.80. The number of benzene rings is 3. The van der Waals surface area contributed by atoms with Gasteiger partial charge in [0.2, 0.25) is 0 Å². The fourth-order valence-corrected chi connectivity index (χ4v) is 7.13. The van der Waals surface area contributed by atoms with Crippen LogP contribution in [0.25, 0.3) is 11.1 Å². The number of aliphatic hydroxyl groups is 1. The van der Waals surface area contributed by atoms with Crippen LogP contribution in [0.15, 0.2) is 85.2 Å². The number of β-amino-alcohol motifs (C(OH)–C–C–N with tert-alkyl or cyclic N) is 1. The fraction of sp³-hybridized carbons (Fsp3) is 0.357. The van der Waals surface area contributed by atoms with Gasteiger partial charge in [-0.2, -0.15) is 5.26 Å². The van der Waals surface area contributed by atoms with Gasteiger partial charge in [-0.15, -0.1) is 0 Å². The first-order chi connectivity index (χ1) is 25.8. The molecule has 3 heterocycles. The number of aliphatic hydroxyl groups excluding tert-OH is 1. The fourth-order valence-electron chi connectivity index (χ4n) is 6.89. The number of likely N-dealkylation sites (tertiary alicyclic amines) is 2. The Morgan fingerprint density at radius 3 is 2.64 bits per heavy atom. The van der Waals surface area contributed by atoms with E-state index >= 15 is 0 Å². The first-order valence-electron chi connectivity index (χ1n) is 18.0. The molecule has 0 saturated carbocycles. The Bertz CT molecular complexity index is 1960. The van der Waals surface area contributed by atoms with Gasteiger partial charge in [0, 0.05) is 55.8 Å². The predicted molar refractivity (Wildman–Crippen MR) is 203 cm³/mol. The Balaban J connectivity index is 1.16. The van der Waals surface area contributed by atoms with Crippen LogP contribution in [0.2, 0.25) is 5.02 Å². The van der Waals surface area contributed by atoms with E-state index in [0.29, 0.717) is 48.2 Å². The average Bonchev–Trinajstić information content (AvgIpc) is 3.59. The lowest BCUT2D eigenvalue weighted by atomic mass is 9.96. The largest absolute Gasteiger partial charge is 0.490 e. The number of nitriles is 1. The SMILES string of the molecule is Cc1c(COc2cc(OCc3cncc(C#N)c3)c(CN3CCCCC3C(=O)O)cc2Cl)cccc1-c1cccc(OC/C=C/CN2CCC(O)C2)c1. The molecule has 0 spiro atoms. The van der Waals surface area contributed by atoms with Crippen molar-refractivity contribution in [3.05, 3.63) is 118 Å². The summed E-state index contributed by atoms with van der Waals surface area (Å²) in [4.78, 5) is 20.4. The van der Waals surface area contributed by atoms with Crippen LogP contribution < -0.4 is 14.2 Å². The van der Waals surface area contributed by atoms with Gasteiger partial charge in [-0.3, -0.25) is 19.6 Å². The molecule has 3 aromatic carbocycles.